The summed E-state index contributed by atoms with van der Waals surface area (Å²) in [5.74, 6) is 0.0950. The van der Waals surface area contributed by atoms with Crippen molar-refractivity contribution in [2.75, 3.05) is 33.2 Å². The smallest absolute Gasteiger partial charge is 0.239 e. The van der Waals surface area contributed by atoms with Gasteiger partial charge in [0.1, 0.15) is 0 Å². The molecule has 1 saturated heterocycles. The summed E-state index contributed by atoms with van der Waals surface area (Å²) in [5.41, 5.74) is 5.88. The summed E-state index contributed by atoms with van der Waals surface area (Å²) < 4.78 is 0. The van der Waals surface area contributed by atoms with E-state index < -0.39 is 0 Å². The maximum Gasteiger partial charge on any atom is 0.239 e. The molecule has 1 fully saturated rings. The topological polar surface area (TPSA) is 49.6 Å². The molecule has 0 aromatic carbocycles. The number of unbranched alkanes of at least 4 members (excludes halogenated alkanes) is 1. The molecule has 100 valence electrons. The van der Waals surface area contributed by atoms with Gasteiger partial charge in [-0.3, -0.25) is 4.79 Å². The normalized spacial score (nSPS) is 18.3. The molecular formula is C13H27N3O. The molecule has 1 amide bonds. The van der Waals surface area contributed by atoms with Crippen molar-refractivity contribution in [1.82, 2.24) is 9.80 Å². The van der Waals surface area contributed by atoms with E-state index in [1.807, 2.05) is 7.05 Å². The van der Waals surface area contributed by atoms with Crippen molar-refractivity contribution >= 4 is 5.91 Å². The Morgan fingerprint density at radius 3 is 2.65 bits per heavy atom. The molecule has 1 atom stereocenters. The molecule has 0 aliphatic carbocycles. The van der Waals surface area contributed by atoms with E-state index in [4.69, 9.17) is 5.73 Å². The second kappa shape index (κ2) is 7.67. The van der Waals surface area contributed by atoms with Crippen LogP contribution in [0.3, 0.4) is 0 Å². The minimum Gasteiger partial charge on any atom is -0.343 e. The number of likely N-dealkylation sites (tertiary alicyclic amines) is 1. The summed E-state index contributed by atoms with van der Waals surface area (Å²) in [6.07, 6.45) is 5.54. The Hall–Kier alpha value is -0.610. The second-order valence-corrected chi connectivity index (χ2v) is 5.06. The minimum atomic E-state index is -0.307. The zero-order valence-corrected chi connectivity index (χ0v) is 11.3. The van der Waals surface area contributed by atoms with Crippen LogP contribution in [0.15, 0.2) is 0 Å². The highest BCUT2D eigenvalue weighted by molar-refractivity contribution is 5.81. The summed E-state index contributed by atoms with van der Waals surface area (Å²) in [4.78, 5) is 16.1. The summed E-state index contributed by atoms with van der Waals surface area (Å²) in [6.45, 7) is 6.28. The highest BCUT2D eigenvalue weighted by Gasteiger charge is 2.18. The molecule has 4 heteroatoms. The molecule has 0 saturated carbocycles. The lowest BCUT2D eigenvalue weighted by Crippen LogP contribution is -2.44. The molecule has 4 nitrogen and oxygen atoms in total. The van der Waals surface area contributed by atoms with E-state index in [1.165, 1.54) is 25.9 Å². The minimum absolute atomic E-state index is 0.0950. The standard InChI is InChI=1S/C13H27N3O/c1-3-4-7-12(14)13(17)15(2)10-11-16-8-5-6-9-16/h12H,3-11,14H2,1-2H3. The van der Waals surface area contributed by atoms with Crippen LogP contribution in [0.25, 0.3) is 0 Å². The van der Waals surface area contributed by atoms with Crippen LogP contribution in [0.5, 0.6) is 0 Å². The third-order valence-electron chi connectivity index (χ3n) is 3.51. The fraction of sp³-hybridized carbons (Fsp3) is 0.923. The van der Waals surface area contributed by atoms with Crippen LogP contribution in [-0.2, 0) is 4.79 Å². The first-order chi connectivity index (χ1) is 8.15. The Morgan fingerprint density at radius 2 is 2.06 bits per heavy atom. The fourth-order valence-electron chi connectivity index (χ4n) is 2.24. The van der Waals surface area contributed by atoms with E-state index in [1.54, 1.807) is 4.90 Å². The quantitative estimate of drug-likeness (QED) is 0.725. The molecule has 1 unspecified atom stereocenters. The average molecular weight is 241 g/mol. The van der Waals surface area contributed by atoms with Crippen molar-refractivity contribution in [3.8, 4) is 0 Å². The molecule has 0 spiro atoms. The Bertz CT molecular complexity index is 227. The van der Waals surface area contributed by atoms with Crippen LogP contribution in [0.1, 0.15) is 39.0 Å². The number of nitrogens with two attached hydrogens (primary N) is 1. The van der Waals surface area contributed by atoms with Crippen LogP contribution in [0.4, 0.5) is 0 Å². The Balaban J connectivity index is 2.20. The fourth-order valence-corrected chi connectivity index (χ4v) is 2.24. The lowest BCUT2D eigenvalue weighted by molar-refractivity contribution is -0.131. The Labute approximate surface area is 105 Å². The van der Waals surface area contributed by atoms with Gasteiger partial charge in [0, 0.05) is 20.1 Å². The molecule has 0 bridgehead atoms. The van der Waals surface area contributed by atoms with Crippen molar-refractivity contribution < 1.29 is 4.79 Å². The van der Waals surface area contributed by atoms with E-state index in [2.05, 4.69) is 11.8 Å². The molecular weight excluding hydrogens is 214 g/mol. The van der Waals surface area contributed by atoms with Crippen molar-refractivity contribution in [3.05, 3.63) is 0 Å². The second-order valence-electron chi connectivity index (χ2n) is 5.06. The van der Waals surface area contributed by atoms with Gasteiger partial charge < -0.3 is 15.5 Å². The van der Waals surface area contributed by atoms with Crippen LogP contribution < -0.4 is 5.73 Å². The predicted molar refractivity (Wildman–Crippen MR) is 70.8 cm³/mol. The molecule has 0 aromatic rings. The molecule has 17 heavy (non-hydrogen) atoms. The molecule has 1 heterocycles. The van der Waals surface area contributed by atoms with Crippen molar-refractivity contribution in [3.63, 3.8) is 0 Å². The van der Waals surface area contributed by atoms with Gasteiger partial charge in [-0.1, -0.05) is 19.8 Å². The number of hydrogen-bond donors (Lipinski definition) is 1. The van der Waals surface area contributed by atoms with Gasteiger partial charge in [0.15, 0.2) is 0 Å². The van der Waals surface area contributed by atoms with Crippen molar-refractivity contribution in [2.24, 2.45) is 5.73 Å². The van der Waals surface area contributed by atoms with Crippen LogP contribution in [0, 0.1) is 0 Å². The number of rotatable bonds is 7. The van der Waals surface area contributed by atoms with Crippen LogP contribution in [-0.4, -0.2) is 55.0 Å². The maximum atomic E-state index is 11.9. The first-order valence-corrected chi connectivity index (χ1v) is 6.88. The van der Waals surface area contributed by atoms with E-state index in [0.29, 0.717) is 0 Å². The molecule has 1 aliphatic rings. The van der Waals surface area contributed by atoms with E-state index >= 15 is 0 Å². The van der Waals surface area contributed by atoms with Gasteiger partial charge in [0.25, 0.3) is 0 Å². The molecule has 1 rings (SSSR count). The lowest BCUT2D eigenvalue weighted by Gasteiger charge is -2.24. The van der Waals surface area contributed by atoms with Gasteiger partial charge >= 0.3 is 0 Å². The van der Waals surface area contributed by atoms with Gasteiger partial charge in [-0.05, 0) is 32.4 Å². The third kappa shape index (κ3) is 5.04. The number of carbonyl (C=O) groups excluding carboxylic acids is 1. The zero-order chi connectivity index (χ0) is 12.7. The molecule has 0 aromatic heterocycles. The highest BCUT2D eigenvalue weighted by atomic mass is 16.2. The first-order valence-electron chi connectivity index (χ1n) is 6.88. The Morgan fingerprint density at radius 1 is 1.41 bits per heavy atom. The highest BCUT2D eigenvalue weighted by Crippen LogP contribution is 2.07. The van der Waals surface area contributed by atoms with Crippen LogP contribution in [0.2, 0.25) is 0 Å². The van der Waals surface area contributed by atoms with Gasteiger partial charge in [-0.2, -0.15) is 0 Å². The number of likely N-dealkylation sites (N-methyl/N-ethyl adjacent to an activating group) is 1. The summed E-state index contributed by atoms with van der Waals surface area (Å²) in [6, 6.07) is -0.307. The largest absolute Gasteiger partial charge is 0.343 e. The van der Waals surface area contributed by atoms with Crippen molar-refractivity contribution in [2.45, 2.75) is 45.1 Å². The van der Waals surface area contributed by atoms with E-state index in [0.717, 1.165) is 32.4 Å². The SMILES string of the molecule is CCCCC(N)C(=O)N(C)CCN1CCCC1. The summed E-state index contributed by atoms with van der Waals surface area (Å²) >= 11 is 0. The first kappa shape index (κ1) is 14.5. The van der Waals surface area contributed by atoms with Gasteiger partial charge in [-0.15, -0.1) is 0 Å². The summed E-state index contributed by atoms with van der Waals surface area (Å²) in [5, 5.41) is 0. The van der Waals surface area contributed by atoms with E-state index in [9.17, 15) is 4.79 Å². The van der Waals surface area contributed by atoms with Crippen molar-refractivity contribution in [1.29, 1.82) is 0 Å². The molecule has 0 radical (unpaired) electrons. The van der Waals surface area contributed by atoms with Gasteiger partial charge in [0.05, 0.1) is 6.04 Å². The monoisotopic (exact) mass is 241 g/mol. The van der Waals surface area contributed by atoms with Gasteiger partial charge in [0.2, 0.25) is 5.91 Å². The third-order valence-corrected chi connectivity index (χ3v) is 3.51. The maximum absolute atomic E-state index is 11.9. The summed E-state index contributed by atoms with van der Waals surface area (Å²) in [7, 11) is 1.87. The zero-order valence-electron chi connectivity index (χ0n) is 11.3. The number of amides is 1. The molecule has 2 N–H and O–H groups in total. The predicted octanol–water partition coefficient (Wildman–Crippen LogP) is 1.06. The van der Waals surface area contributed by atoms with Gasteiger partial charge in [-0.25, -0.2) is 0 Å². The van der Waals surface area contributed by atoms with E-state index in [-0.39, 0.29) is 11.9 Å². The number of hydrogen-bond acceptors (Lipinski definition) is 3. The Kier molecular flexibility index (Phi) is 6.52. The number of nitrogens with zero attached hydrogens (tertiary/aromatic N) is 2. The lowest BCUT2D eigenvalue weighted by atomic mass is 10.1. The number of carbonyl (C=O) groups is 1. The van der Waals surface area contributed by atoms with Crippen LogP contribution >= 0.6 is 0 Å². The molecule has 1 aliphatic heterocycles. The average Bonchev–Trinajstić information content (AvgIpc) is 2.85.